The van der Waals surface area contributed by atoms with E-state index < -0.39 is 0 Å². The van der Waals surface area contributed by atoms with Crippen molar-refractivity contribution in [3.05, 3.63) is 76.1 Å². The third kappa shape index (κ3) is 5.21. The summed E-state index contributed by atoms with van der Waals surface area (Å²) in [6.45, 7) is 6.32. The summed E-state index contributed by atoms with van der Waals surface area (Å²) in [5.41, 5.74) is 4.10. The first-order valence-electron chi connectivity index (χ1n) is 10.8. The van der Waals surface area contributed by atoms with Crippen molar-refractivity contribution in [3.63, 3.8) is 0 Å². The number of ether oxygens (including phenoxy) is 2. The Labute approximate surface area is 182 Å². The van der Waals surface area contributed by atoms with Gasteiger partial charge in [-0.1, -0.05) is 25.1 Å². The van der Waals surface area contributed by atoms with Gasteiger partial charge in [-0.05, 0) is 35.4 Å². The molecule has 0 amide bonds. The highest BCUT2D eigenvalue weighted by Crippen LogP contribution is 2.20. The Morgan fingerprint density at radius 1 is 1.06 bits per heavy atom. The molecule has 1 fully saturated rings. The van der Waals surface area contributed by atoms with Crippen LogP contribution < -0.4 is 5.43 Å². The topological polar surface area (TPSA) is 60.8 Å². The van der Waals surface area contributed by atoms with Gasteiger partial charge < -0.3 is 14.0 Å². The minimum Gasteiger partial charge on any atom is -0.465 e. The lowest BCUT2D eigenvalue weighted by molar-refractivity contribution is -0.143. The lowest BCUT2D eigenvalue weighted by Gasteiger charge is -2.26. The van der Waals surface area contributed by atoms with Crippen LogP contribution in [-0.4, -0.2) is 48.3 Å². The number of hydrogen-bond donors (Lipinski definition) is 0. The quantitative estimate of drug-likeness (QED) is 0.549. The average molecular weight is 421 g/mol. The molecule has 2 aromatic carbocycles. The fraction of sp³-hybridized carbons (Fsp3) is 0.360. The van der Waals surface area contributed by atoms with E-state index in [9.17, 15) is 9.59 Å². The fourth-order valence-corrected chi connectivity index (χ4v) is 3.89. The van der Waals surface area contributed by atoms with E-state index in [4.69, 9.17) is 9.47 Å². The predicted octanol–water partition coefficient (Wildman–Crippen LogP) is 3.32. The number of benzene rings is 2. The Morgan fingerprint density at radius 2 is 1.90 bits per heavy atom. The zero-order valence-electron chi connectivity index (χ0n) is 17.9. The van der Waals surface area contributed by atoms with Crippen LogP contribution in [0.4, 0.5) is 0 Å². The van der Waals surface area contributed by atoms with E-state index in [1.807, 2.05) is 41.1 Å². The van der Waals surface area contributed by atoms with Crippen LogP contribution in [0.5, 0.6) is 0 Å². The van der Waals surface area contributed by atoms with Gasteiger partial charge in [-0.25, -0.2) is 0 Å². The number of hydrogen-bond acceptors (Lipinski definition) is 5. The number of carbonyl (C=O) groups is 1. The molecule has 1 aliphatic rings. The first-order valence-corrected chi connectivity index (χ1v) is 10.8. The number of pyridine rings is 1. The number of esters is 1. The minimum absolute atomic E-state index is 0.0257. The highest BCUT2D eigenvalue weighted by atomic mass is 16.5. The SMILES string of the molecule is CCC(=O)OCCc1cccc(-n2ccc(=O)c3cc(CN4CCOCC4)ccc32)c1. The molecule has 0 N–H and O–H groups in total. The van der Waals surface area contributed by atoms with Gasteiger partial charge in [-0.3, -0.25) is 14.5 Å². The minimum atomic E-state index is -0.185. The Hall–Kier alpha value is -2.96. The fourth-order valence-electron chi connectivity index (χ4n) is 3.89. The number of rotatable bonds is 7. The maximum atomic E-state index is 12.6. The molecule has 3 aromatic rings. The van der Waals surface area contributed by atoms with Crippen LogP contribution in [0.3, 0.4) is 0 Å². The largest absolute Gasteiger partial charge is 0.465 e. The van der Waals surface area contributed by atoms with Crippen molar-refractivity contribution >= 4 is 16.9 Å². The van der Waals surface area contributed by atoms with Gasteiger partial charge in [0.05, 0.1) is 25.3 Å². The highest BCUT2D eigenvalue weighted by Gasteiger charge is 2.12. The standard InChI is InChI=1S/C25H28N2O4/c1-2-25(29)31-13-9-19-4-3-5-21(16-19)27-10-8-24(28)22-17-20(6-7-23(22)27)18-26-11-14-30-15-12-26/h3-8,10,16-17H,2,9,11-15,18H2,1H3. The van der Waals surface area contributed by atoms with Crippen LogP contribution in [0.15, 0.2) is 59.5 Å². The Kier molecular flexibility index (Phi) is 6.79. The molecule has 6 nitrogen and oxygen atoms in total. The lowest BCUT2D eigenvalue weighted by atomic mass is 10.1. The lowest BCUT2D eigenvalue weighted by Crippen LogP contribution is -2.35. The highest BCUT2D eigenvalue weighted by molar-refractivity contribution is 5.81. The van der Waals surface area contributed by atoms with Crippen LogP contribution in [-0.2, 0) is 27.2 Å². The zero-order chi connectivity index (χ0) is 21.6. The molecule has 0 bridgehead atoms. The predicted molar refractivity (Wildman–Crippen MR) is 121 cm³/mol. The first-order chi connectivity index (χ1) is 15.1. The molecule has 4 rings (SSSR count). The maximum absolute atomic E-state index is 12.6. The van der Waals surface area contributed by atoms with Gasteiger partial charge in [0.2, 0.25) is 0 Å². The van der Waals surface area contributed by atoms with E-state index in [-0.39, 0.29) is 11.4 Å². The van der Waals surface area contributed by atoms with Crippen molar-refractivity contribution in [1.82, 2.24) is 9.47 Å². The monoisotopic (exact) mass is 420 g/mol. The van der Waals surface area contributed by atoms with Crippen LogP contribution in [0, 0.1) is 0 Å². The van der Waals surface area contributed by atoms with E-state index in [2.05, 4.69) is 17.0 Å². The second kappa shape index (κ2) is 9.90. The molecule has 0 spiro atoms. The molecule has 1 saturated heterocycles. The number of carbonyl (C=O) groups excluding carboxylic acids is 1. The second-order valence-electron chi connectivity index (χ2n) is 7.78. The number of fused-ring (bicyclic) bond motifs is 1. The number of nitrogens with zero attached hydrogens (tertiary/aromatic N) is 2. The van der Waals surface area contributed by atoms with Crippen LogP contribution in [0.2, 0.25) is 0 Å². The Morgan fingerprint density at radius 3 is 2.71 bits per heavy atom. The van der Waals surface area contributed by atoms with E-state index in [1.54, 1.807) is 13.0 Å². The van der Waals surface area contributed by atoms with Gasteiger partial charge in [0.25, 0.3) is 0 Å². The molecular weight excluding hydrogens is 392 g/mol. The third-order valence-corrected chi connectivity index (χ3v) is 5.60. The number of morpholine rings is 1. The smallest absolute Gasteiger partial charge is 0.305 e. The Balaban J connectivity index is 1.59. The molecule has 6 heteroatoms. The summed E-state index contributed by atoms with van der Waals surface area (Å²) in [7, 11) is 0. The van der Waals surface area contributed by atoms with E-state index >= 15 is 0 Å². The van der Waals surface area contributed by atoms with E-state index in [0.717, 1.165) is 60.6 Å². The van der Waals surface area contributed by atoms with Crippen molar-refractivity contribution in [2.75, 3.05) is 32.9 Å². The van der Waals surface area contributed by atoms with Gasteiger partial charge in [0.15, 0.2) is 5.43 Å². The third-order valence-electron chi connectivity index (χ3n) is 5.60. The molecule has 1 aliphatic heterocycles. The summed E-state index contributed by atoms with van der Waals surface area (Å²) < 4.78 is 12.7. The molecule has 1 aromatic heterocycles. The van der Waals surface area contributed by atoms with Gasteiger partial charge in [-0.15, -0.1) is 0 Å². The van der Waals surface area contributed by atoms with Gasteiger partial charge in [-0.2, -0.15) is 0 Å². The zero-order valence-corrected chi connectivity index (χ0v) is 17.9. The molecule has 0 unspecified atom stereocenters. The molecule has 162 valence electrons. The van der Waals surface area contributed by atoms with Gasteiger partial charge >= 0.3 is 5.97 Å². The molecule has 31 heavy (non-hydrogen) atoms. The van der Waals surface area contributed by atoms with Crippen LogP contribution >= 0.6 is 0 Å². The normalized spacial score (nSPS) is 14.6. The van der Waals surface area contributed by atoms with E-state index in [1.165, 1.54) is 0 Å². The van der Waals surface area contributed by atoms with Crippen molar-refractivity contribution in [2.24, 2.45) is 0 Å². The van der Waals surface area contributed by atoms with Gasteiger partial charge in [0.1, 0.15) is 0 Å². The van der Waals surface area contributed by atoms with Crippen molar-refractivity contribution in [2.45, 2.75) is 26.3 Å². The summed E-state index contributed by atoms with van der Waals surface area (Å²) >= 11 is 0. The van der Waals surface area contributed by atoms with Gasteiger partial charge in [0, 0.05) is 55.8 Å². The molecule has 0 radical (unpaired) electrons. The average Bonchev–Trinajstić information content (AvgIpc) is 2.80. The summed E-state index contributed by atoms with van der Waals surface area (Å²) in [5.74, 6) is -0.185. The summed E-state index contributed by atoms with van der Waals surface area (Å²) in [4.78, 5) is 26.3. The van der Waals surface area contributed by atoms with Crippen LogP contribution in [0.25, 0.3) is 16.6 Å². The van der Waals surface area contributed by atoms with Crippen molar-refractivity contribution < 1.29 is 14.3 Å². The summed E-state index contributed by atoms with van der Waals surface area (Å²) in [6, 6.07) is 15.9. The number of aromatic nitrogens is 1. The second-order valence-corrected chi connectivity index (χ2v) is 7.78. The summed E-state index contributed by atoms with van der Waals surface area (Å²) in [6.07, 6.45) is 2.86. The molecule has 0 saturated carbocycles. The molecule has 0 aliphatic carbocycles. The first kappa shape index (κ1) is 21.3. The van der Waals surface area contributed by atoms with Crippen LogP contribution in [0.1, 0.15) is 24.5 Å². The molecule has 2 heterocycles. The molecule has 0 atom stereocenters. The summed E-state index contributed by atoms with van der Waals surface area (Å²) in [5, 5.41) is 0.718. The van der Waals surface area contributed by atoms with Crippen molar-refractivity contribution in [1.29, 1.82) is 0 Å². The van der Waals surface area contributed by atoms with E-state index in [0.29, 0.717) is 19.4 Å². The van der Waals surface area contributed by atoms with Crippen molar-refractivity contribution in [3.8, 4) is 5.69 Å². The molecular formula is C25H28N2O4. The maximum Gasteiger partial charge on any atom is 0.305 e. The Bertz CT molecular complexity index is 1120.